The molecule has 15 heavy (non-hydrogen) atoms. The number of hydrogen-bond acceptors (Lipinski definition) is 5. The lowest BCUT2D eigenvalue weighted by Crippen LogP contribution is -2.10. The quantitative estimate of drug-likeness (QED) is 0.702. The van der Waals surface area contributed by atoms with Gasteiger partial charge in [-0.25, -0.2) is 4.98 Å². The zero-order valence-corrected chi connectivity index (χ0v) is 10.3. The van der Waals surface area contributed by atoms with Crippen LogP contribution < -0.4 is 10.6 Å². The monoisotopic (exact) mass is 322 g/mol. The summed E-state index contributed by atoms with van der Waals surface area (Å²) in [5.41, 5.74) is 0. The summed E-state index contributed by atoms with van der Waals surface area (Å²) in [5.74, 6) is 0.324. The highest BCUT2D eigenvalue weighted by Crippen LogP contribution is 2.15. The molecule has 1 heterocycles. The first-order valence-electron chi connectivity index (χ1n) is 4.29. The first kappa shape index (κ1) is 12.0. The van der Waals surface area contributed by atoms with Gasteiger partial charge in [0, 0.05) is 19.8 Å². The lowest BCUT2D eigenvalue weighted by molar-refractivity contribution is -0.136. The maximum atomic E-state index is 10.3. The van der Waals surface area contributed by atoms with Gasteiger partial charge in [-0.1, -0.05) is 0 Å². The number of hydrogen-bond donors (Lipinski definition) is 3. The van der Waals surface area contributed by atoms with Gasteiger partial charge in [-0.3, -0.25) is 4.79 Å². The molecule has 0 spiro atoms. The molecule has 0 amide bonds. The molecule has 0 aliphatic carbocycles. The van der Waals surface area contributed by atoms with Crippen LogP contribution in [0.5, 0.6) is 0 Å². The summed E-state index contributed by atoms with van der Waals surface area (Å²) in [6, 6.07) is 0. The first-order chi connectivity index (χ1) is 7.13. The average Bonchev–Trinajstić information content (AvgIpc) is 2.20. The van der Waals surface area contributed by atoms with Gasteiger partial charge in [0.1, 0.15) is 5.82 Å². The maximum absolute atomic E-state index is 10.3. The van der Waals surface area contributed by atoms with E-state index in [1.54, 1.807) is 13.2 Å². The standard InChI is InChI=1S/C8H11IN4O2/c1-10-8-12-4-5(9)7(13-8)11-3-2-6(14)15/h4H,2-3H2,1H3,(H,14,15)(H2,10,11,12,13). The molecule has 0 atom stereocenters. The van der Waals surface area contributed by atoms with Crippen LogP contribution in [0.25, 0.3) is 0 Å². The van der Waals surface area contributed by atoms with Gasteiger partial charge in [-0.2, -0.15) is 4.98 Å². The number of halogens is 1. The fourth-order valence-electron chi connectivity index (χ4n) is 0.899. The fraction of sp³-hybridized carbons (Fsp3) is 0.375. The molecule has 0 bridgehead atoms. The summed E-state index contributed by atoms with van der Waals surface area (Å²) < 4.78 is 0.858. The Labute approximate surface area is 101 Å². The predicted octanol–water partition coefficient (Wildman–Crippen LogP) is 1.01. The Morgan fingerprint density at radius 3 is 3.00 bits per heavy atom. The summed E-state index contributed by atoms with van der Waals surface area (Å²) in [6.07, 6.45) is 1.73. The Hall–Kier alpha value is -1.12. The lowest BCUT2D eigenvalue weighted by Gasteiger charge is -2.07. The summed E-state index contributed by atoms with van der Waals surface area (Å²) in [6.45, 7) is 0.353. The average molecular weight is 322 g/mol. The minimum absolute atomic E-state index is 0.0645. The van der Waals surface area contributed by atoms with Crippen LogP contribution in [-0.2, 0) is 4.79 Å². The third-order valence-corrected chi connectivity index (χ3v) is 2.39. The minimum Gasteiger partial charge on any atom is -0.481 e. The predicted molar refractivity (Wildman–Crippen MR) is 65.0 cm³/mol. The number of carbonyl (C=O) groups is 1. The van der Waals surface area contributed by atoms with E-state index in [0.29, 0.717) is 18.3 Å². The molecule has 3 N–H and O–H groups in total. The number of rotatable bonds is 5. The molecule has 0 radical (unpaired) electrons. The number of aliphatic carboxylic acids is 1. The number of carboxylic acid groups (broad SMARTS) is 1. The topological polar surface area (TPSA) is 87.1 Å². The van der Waals surface area contributed by atoms with E-state index in [2.05, 4.69) is 43.2 Å². The van der Waals surface area contributed by atoms with Crippen LogP contribution in [0.15, 0.2) is 6.20 Å². The van der Waals surface area contributed by atoms with Gasteiger partial charge >= 0.3 is 5.97 Å². The molecule has 0 aromatic carbocycles. The van der Waals surface area contributed by atoms with Crippen molar-refractivity contribution < 1.29 is 9.90 Å². The van der Waals surface area contributed by atoms with Crippen LogP contribution in [0.2, 0.25) is 0 Å². The smallest absolute Gasteiger partial charge is 0.305 e. The van der Waals surface area contributed by atoms with Crippen molar-refractivity contribution in [3.8, 4) is 0 Å². The van der Waals surface area contributed by atoms with Crippen molar-refractivity contribution in [2.75, 3.05) is 24.2 Å². The second-order valence-corrected chi connectivity index (χ2v) is 3.87. The van der Waals surface area contributed by atoms with Crippen molar-refractivity contribution in [1.29, 1.82) is 0 Å². The Kier molecular flexibility index (Phi) is 4.53. The minimum atomic E-state index is -0.833. The third kappa shape index (κ3) is 3.86. The molecule has 0 saturated heterocycles. The van der Waals surface area contributed by atoms with E-state index in [9.17, 15) is 4.79 Å². The van der Waals surface area contributed by atoms with Crippen LogP contribution in [0.1, 0.15) is 6.42 Å². The van der Waals surface area contributed by atoms with Crippen LogP contribution in [0, 0.1) is 3.57 Å². The molecule has 0 aliphatic heterocycles. The van der Waals surface area contributed by atoms with Gasteiger partial charge in [0.2, 0.25) is 5.95 Å². The fourth-order valence-corrected chi connectivity index (χ4v) is 1.35. The molecule has 0 fully saturated rings. The van der Waals surface area contributed by atoms with E-state index < -0.39 is 5.97 Å². The van der Waals surface area contributed by atoms with E-state index in [-0.39, 0.29) is 6.42 Å². The van der Waals surface area contributed by atoms with Crippen LogP contribution in [0.3, 0.4) is 0 Å². The van der Waals surface area contributed by atoms with Crippen molar-refractivity contribution in [3.05, 3.63) is 9.77 Å². The number of nitrogens with zero attached hydrogens (tertiary/aromatic N) is 2. The van der Waals surface area contributed by atoms with E-state index in [4.69, 9.17) is 5.11 Å². The molecule has 1 aromatic heterocycles. The van der Waals surface area contributed by atoms with Crippen LogP contribution in [-0.4, -0.2) is 34.6 Å². The van der Waals surface area contributed by atoms with Gasteiger partial charge in [0.05, 0.1) is 9.99 Å². The highest BCUT2D eigenvalue weighted by atomic mass is 127. The number of carboxylic acids is 1. The lowest BCUT2D eigenvalue weighted by atomic mass is 10.4. The van der Waals surface area contributed by atoms with Gasteiger partial charge < -0.3 is 15.7 Å². The van der Waals surface area contributed by atoms with Gasteiger partial charge in [-0.05, 0) is 22.6 Å². The number of nitrogens with one attached hydrogen (secondary N) is 2. The zero-order chi connectivity index (χ0) is 11.3. The largest absolute Gasteiger partial charge is 0.481 e. The van der Waals surface area contributed by atoms with Crippen molar-refractivity contribution in [2.24, 2.45) is 0 Å². The molecule has 0 unspecified atom stereocenters. The molecule has 0 aliphatic rings. The summed E-state index contributed by atoms with van der Waals surface area (Å²) in [5, 5.41) is 14.2. The first-order valence-corrected chi connectivity index (χ1v) is 5.37. The molecular weight excluding hydrogens is 311 g/mol. The van der Waals surface area contributed by atoms with Gasteiger partial charge in [-0.15, -0.1) is 0 Å². The van der Waals surface area contributed by atoms with E-state index >= 15 is 0 Å². The van der Waals surface area contributed by atoms with Crippen molar-refractivity contribution in [3.63, 3.8) is 0 Å². The highest BCUT2D eigenvalue weighted by Gasteiger charge is 2.04. The molecule has 82 valence electrons. The van der Waals surface area contributed by atoms with Gasteiger partial charge in [0.25, 0.3) is 0 Å². The van der Waals surface area contributed by atoms with Crippen molar-refractivity contribution in [2.45, 2.75) is 6.42 Å². The Morgan fingerprint density at radius 1 is 1.67 bits per heavy atom. The normalized spacial score (nSPS) is 9.73. The van der Waals surface area contributed by atoms with E-state index in [1.165, 1.54) is 0 Å². The van der Waals surface area contributed by atoms with Crippen molar-refractivity contribution >= 4 is 40.3 Å². The SMILES string of the molecule is CNc1ncc(I)c(NCCC(=O)O)n1. The third-order valence-electron chi connectivity index (χ3n) is 1.60. The number of aromatic nitrogens is 2. The van der Waals surface area contributed by atoms with Crippen molar-refractivity contribution in [1.82, 2.24) is 9.97 Å². The molecule has 1 aromatic rings. The van der Waals surface area contributed by atoms with E-state index in [1.807, 2.05) is 0 Å². The molecule has 6 nitrogen and oxygen atoms in total. The van der Waals surface area contributed by atoms with Crippen LogP contribution in [0.4, 0.5) is 11.8 Å². The second kappa shape index (κ2) is 5.69. The molecular formula is C8H11IN4O2. The number of anilines is 2. The Balaban J connectivity index is 2.62. The zero-order valence-electron chi connectivity index (χ0n) is 8.12. The molecule has 0 saturated carbocycles. The highest BCUT2D eigenvalue weighted by molar-refractivity contribution is 14.1. The Bertz CT molecular complexity index is 358. The summed E-state index contributed by atoms with van der Waals surface area (Å²) in [7, 11) is 1.73. The summed E-state index contributed by atoms with van der Waals surface area (Å²) in [4.78, 5) is 18.5. The van der Waals surface area contributed by atoms with E-state index in [0.717, 1.165) is 3.57 Å². The van der Waals surface area contributed by atoms with Crippen LogP contribution >= 0.6 is 22.6 Å². The summed E-state index contributed by atoms with van der Waals surface area (Å²) >= 11 is 2.09. The van der Waals surface area contributed by atoms with Gasteiger partial charge in [0.15, 0.2) is 0 Å². The molecule has 1 rings (SSSR count). The Morgan fingerprint density at radius 2 is 2.40 bits per heavy atom. The maximum Gasteiger partial charge on any atom is 0.305 e. The second-order valence-electron chi connectivity index (χ2n) is 2.71. The molecule has 7 heteroatoms.